The minimum absolute atomic E-state index is 0.266. The van der Waals surface area contributed by atoms with Gasteiger partial charge in [-0.3, -0.25) is 0 Å². The number of nitrogens with zero attached hydrogens (tertiary/aromatic N) is 7. The Balaban J connectivity index is 1.65. The monoisotopic (exact) mass is 454 g/mol. The van der Waals surface area contributed by atoms with Crippen molar-refractivity contribution in [2.75, 3.05) is 12.8 Å². The van der Waals surface area contributed by atoms with E-state index in [-0.39, 0.29) is 17.7 Å². The van der Waals surface area contributed by atoms with Crippen LogP contribution in [0.15, 0.2) is 61.2 Å². The van der Waals surface area contributed by atoms with Crippen LogP contribution in [0.2, 0.25) is 0 Å². The van der Waals surface area contributed by atoms with E-state index in [0.717, 1.165) is 5.56 Å². The Labute approximate surface area is 193 Å². The molecule has 2 aromatic carbocycles. The summed E-state index contributed by atoms with van der Waals surface area (Å²) in [4.78, 5) is 8.56. The summed E-state index contributed by atoms with van der Waals surface area (Å²) >= 11 is 0. The average Bonchev–Trinajstić information content (AvgIpc) is 3.50. The Bertz CT molecular complexity index is 1570. The lowest BCUT2D eigenvalue weighted by molar-refractivity contribution is 0.415. The van der Waals surface area contributed by atoms with E-state index in [4.69, 9.17) is 15.6 Å². The van der Waals surface area contributed by atoms with Crippen molar-refractivity contribution in [1.29, 1.82) is 5.26 Å². The van der Waals surface area contributed by atoms with Crippen molar-refractivity contribution in [3.8, 4) is 28.8 Å². The predicted molar refractivity (Wildman–Crippen MR) is 124 cm³/mol. The molecule has 0 radical (unpaired) electrons. The molecule has 0 fully saturated rings. The molecule has 3 heterocycles. The molecule has 5 aromatic rings. The van der Waals surface area contributed by atoms with Crippen LogP contribution in [-0.4, -0.2) is 36.6 Å². The molecule has 168 valence electrons. The van der Waals surface area contributed by atoms with Gasteiger partial charge in [-0.25, -0.2) is 23.7 Å². The molecule has 3 aromatic heterocycles. The molecule has 0 spiro atoms. The molecule has 2 N–H and O–H groups in total. The Hall–Kier alpha value is -4.78. The molecule has 0 amide bonds. The molecule has 0 aliphatic rings. The van der Waals surface area contributed by atoms with E-state index >= 15 is 0 Å². The van der Waals surface area contributed by atoms with Gasteiger partial charge in [-0.2, -0.15) is 15.5 Å². The predicted octanol–water partition coefficient (Wildman–Crippen LogP) is 3.89. The van der Waals surface area contributed by atoms with Crippen LogP contribution in [0.25, 0.3) is 28.0 Å². The van der Waals surface area contributed by atoms with Crippen LogP contribution < -0.4 is 10.5 Å². The maximum atomic E-state index is 14.2. The number of fused-ring (bicyclic) bond motifs is 1. The van der Waals surface area contributed by atoms with Crippen molar-refractivity contribution >= 4 is 16.9 Å². The van der Waals surface area contributed by atoms with Gasteiger partial charge in [-0.05, 0) is 37.3 Å². The first-order valence-corrected chi connectivity index (χ1v) is 10.4. The molecule has 10 heteroatoms. The second-order valence-electron chi connectivity index (χ2n) is 7.66. The molecule has 0 saturated heterocycles. The smallest absolute Gasteiger partial charge is 0.164 e. The van der Waals surface area contributed by atoms with E-state index < -0.39 is 0 Å². The first-order valence-electron chi connectivity index (χ1n) is 10.4. The molecule has 0 aliphatic carbocycles. The van der Waals surface area contributed by atoms with E-state index in [0.29, 0.717) is 39.3 Å². The summed E-state index contributed by atoms with van der Waals surface area (Å²) in [6, 6.07) is 13.4. The van der Waals surface area contributed by atoms with E-state index in [1.165, 1.54) is 24.2 Å². The third-order valence-corrected chi connectivity index (χ3v) is 5.61. The first kappa shape index (κ1) is 21.1. The van der Waals surface area contributed by atoms with Crippen molar-refractivity contribution < 1.29 is 9.13 Å². The molecule has 5 rings (SSSR count). The van der Waals surface area contributed by atoms with Crippen molar-refractivity contribution in [2.24, 2.45) is 0 Å². The van der Waals surface area contributed by atoms with Gasteiger partial charge >= 0.3 is 0 Å². The minimum Gasteiger partial charge on any atom is -0.497 e. The number of ether oxygens (including phenoxy) is 1. The third-order valence-electron chi connectivity index (χ3n) is 5.61. The highest BCUT2D eigenvalue weighted by Gasteiger charge is 2.22. The van der Waals surface area contributed by atoms with Crippen LogP contribution in [0.4, 0.5) is 10.2 Å². The molecule has 0 saturated carbocycles. The number of para-hydroxylation sites is 1. The number of halogens is 1. The topological polar surface area (TPSA) is 120 Å². The maximum Gasteiger partial charge on any atom is 0.164 e. The summed E-state index contributed by atoms with van der Waals surface area (Å²) in [6.07, 6.45) is 4.79. The molecule has 0 aliphatic heterocycles. The van der Waals surface area contributed by atoms with Crippen LogP contribution in [0.5, 0.6) is 5.75 Å². The fourth-order valence-electron chi connectivity index (χ4n) is 3.85. The van der Waals surface area contributed by atoms with Gasteiger partial charge in [0.1, 0.15) is 35.1 Å². The van der Waals surface area contributed by atoms with E-state index in [1.807, 2.05) is 6.92 Å². The summed E-state index contributed by atoms with van der Waals surface area (Å²) in [5.74, 6) is 0.414. The Morgan fingerprint density at radius 1 is 1.18 bits per heavy atom. The second-order valence-corrected chi connectivity index (χ2v) is 7.66. The molecular formula is C24H19FN8O. The van der Waals surface area contributed by atoms with Crippen molar-refractivity contribution in [3.05, 3.63) is 78.1 Å². The summed E-state index contributed by atoms with van der Waals surface area (Å²) in [7, 11) is 1.53. The number of anilines is 1. The SMILES string of the molecule is COc1cc(C#N)cc(-c2nn(C(C)c3cnn(-c4ccccc4F)c3)c3ncnc(N)c23)c1. The van der Waals surface area contributed by atoms with Crippen LogP contribution in [0.3, 0.4) is 0 Å². The van der Waals surface area contributed by atoms with Crippen LogP contribution in [0.1, 0.15) is 24.1 Å². The Morgan fingerprint density at radius 3 is 2.76 bits per heavy atom. The first-order chi connectivity index (χ1) is 16.5. The number of nitrogen functional groups attached to an aromatic ring is 1. The zero-order valence-corrected chi connectivity index (χ0v) is 18.3. The summed E-state index contributed by atoms with van der Waals surface area (Å²) in [5.41, 5.74) is 9.48. The standard InChI is InChI=1S/C24H19FN8O/c1-14(17-11-30-32(12-17)20-6-4-3-5-19(20)25)33-24-21(23(27)28-13-29-24)22(31-33)16-7-15(10-26)8-18(9-16)34-2/h3-9,11-14H,1-2H3,(H2,27,28,29). The Kier molecular flexibility index (Phi) is 5.14. The van der Waals surface area contributed by atoms with Gasteiger partial charge in [0.05, 0.1) is 36.4 Å². The molecule has 1 unspecified atom stereocenters. The van der Waals surface area contributed by atoms with Crippen LogP contribution >= 0.6 is 0 Å². The number of methoxy groups -OCH3 is 1. The number of rotatable bonds is 5. The quantitative estimate of drug-likeness (QED) is 0.428. The number of benzene rings is 2. The lowest BCUT2D eigenvalue weighted by atomic mass is 10.1. The minimum atomic E-state index is -0.372. The van der Waals surface area contributed by atoms with Crippen molar-refractivity contribution in [2.45, 2.75) is 13.0 Å². The zero-order chi connectivity index (χ0) is 23.8. The summed E-state index contributed by atoms with van der Waals surface area (Å²) in [6.45, 7) is 1.93. The highest BCUT2D eigenvalue weighted by Crippen LogP contribution is 2.35. The van der Waals surface area contributed by atoms with Crippen LogP contribution in [-0.2, 0) is 0 Å². The fourth-order valence-corrected chi connectivity index (χ4v) is 3.85. The van der Waals surface area contributed by atoms with E-state index in [9.17, 15) is 9.65 Å². The number of nitrogens with two attached hydrogens (primary N) is 1. The van der Waals surface area contributed by atoms with E-state index in [2.05, 4.69) is 21.1 Å². The molecule has 0 bridgehead atoms. The van der Waals surface area contributed by atoms with E-state index in [1.54, 1.807) is 53.5 Å². The normalized spacial score (nSPS) is 11.9. The second kappa shape index (κ2) is 8.29. The molecule has 34 heavy (non-hydrogen) atoms. The number of aromatic nitrogens is 6. The molecule has 9 nitrogen and oxygen atoms in total. The summed E-state index contributed by atoms with van der Waals surface area (Å²) in [5, 5.41) is 19.1. The maximum absolute atomic E-state index is 14.2. The van der Waals surface area contributed by atoms with Crippen LogP contribution in [0, 0.1) is 17.1 Å². The zero-order valence-electron chi connectivity index (χ0n) is 18.3. The van der Waals surface area contributed by atoms with Gasteiger partial charge in [0.2, 0.25) is 0 Å². The highest BCUT2D eigenvalue weighted by atomic mass is 19.1. The lowest BCUT2D eigenvalue weighted by Gasteiger charge is -2.11. The van der Waals surface area contributed by atoms with Gasteiger partial charge < -0.3 is 10.5 Å². The largest absolute Gasteiger partial charge is 0.497 e. The molecular weight excluding hydrogens is 435 g/mol. The third kappa shape index (κ3) is 3.49. The van der Waals surface area contributed by atoms with Gasteiger partial charge in [0, 0.05) is 17.3 Å². The Morgan fingerprint density at radius 2 is 2.00 bits per heavy atom. The highest BCUT2D eigenvalue weighted by molar-refractivity contribution is 5.98. The van der Waals surface area contributed by atoms with Crippen molar-refractivity contribution in [3.63, 3.8) is 0 Å². The lowest BCUT2D eigenvalue weighted by Crippen LogP contribution is -2.09. The van der Waals surface area contributed by atoms with Gasteiger partial charge in [-0.1, -0.05) is 12.1 Å². The van der Waals surface area contributed by atoms with Gasteiger partial charge in [0.15, 0.2) is 5.65 Å². The number of nitriles is 1. The van der Waals surface area contributed by atoms with Crippen molar-refractivity contribution in [1.82, 2.24) is 29.5 Å². The fraction of sp³-hybridized carbons (Fsp3) is 0.125. The van der Waals surface area contributed by atoms with Gasteiger partial charge in [0.25, 0.3) is 0 Å². The summed E-state index contributed by atoms with van der Waals surface area (Å²) < 4.78 is 22.8. The molecule has 1 atom stereocenters. The number of hydrogen-bond acceptors (Lipinski definition) is 7. The average molecular weight is 454 g/mol. The van der Waals surface area contributed by atoms with Gasteiger partial charge in [-0.15, -0.1) is 0 Å². The number of hydrogen-bond donors (Lipinski definition) is 1.